The van der Waals surface area contributed by atoms with Gasteiger partial charge >= 0.3 is 5.51 Å². The zero-order valence-electron chi connectivity index (χ0n) is 14.8. The Morgan fingerprint density at radius 3 is 2.50 bits per heavy atom. The van der Waals surface area contributed by atoms with Crippen molar-refractivity contribution in [3.05, 3.63) is 41.4 Å². The summed E-state index contributed by atoms with van der Waals surface area (Å²) >= 11 is 0. The van der Waals surface area contributed by atoms with Gasteiger partial charge in [-0.05, 0) is 19.1 Å². The zero-order valence-corrected chi connectivity index (χ0v) is 15.6. The summed E-state index contributed by atoms with van der Waals surface area (Å²) in [6.07, 6.45) is 0.909. The second-order valence-electron chi connectivity index (χ2n) is 6.31. The van der Waals surface area contributed by atoms with Crippen LogP contribution in [0.4, 0.5) is 13.2 Å². The number of alkyl halides is 3. The van der Waals surface area contributed by atoms with E-state index in [9.17, 15) is 26.4 Å². The molecule has 3 heterocycles. The molecule has 2 aromatic heterocycles. The van der Waals surface area contributed by atoms with Crippen LogP contribution in [0.25, 0.3) is 0 Å². The van der Waals surface area contributed by atoms with Crippen molar-refractivity contribution >= 4 is 15.7 Å². The summed E-state index contributed by atoms with van der Waals surface area (Å²) in [6, 6.07) is 4.06. The summed E-state index contributed by atoms with van der Waals surface area (Å²) in [5, 5.41) is 2.52. The number of aryl methyl sites for hydroxylation is 1. The van der Waals surface area contributed by atoms with Crippen molar-refractivity contribution in [2.45, 2.75) is 24.0 Å². The molecule has 152 valence electrons. The van der Waals surface area contributed by atoms with Crippen LogP contribution in [0.1, 0.15) is 21.8 Å². The number of aromatic nitrogens is 2. The Morgan fingerprint density at radius 2 is 1.93 bits per heavy atom. The fourth-order valence-electron chi connectivity index (χ4n) is 2.87. The molecule has 28 heavy (non-hydrogen) atoms. The second-order valence-corrected chi connectivity index (χ2v) is 8.16. The van der Waals surface area contributed by atoms with Gasteiger partial charge in [-0.25, -0.2) is 13.4 Å². The molecule has 1 aliphatic rings. The molecule has 3 rings (SSSR count). The van der Waals surface area contributed by atoms with Gasteiger partial charge in [-0.3, -0.25) is 9.69 Å². The zero-order chi connectivity index (χ0) is 20.5. The minimum atomic E-state index is -5.73. The van der Waals surface area contributed by atoms with Crippen LogP contribution in [0.5, 0.6) is 0 Å². The van der Waals surface area contributed by atoms with Crippen LogP contribution in [0.2, 0.25) is 0 Å². The van der Waals surface area contributed by atoms with Gasteiger partial charge in [0.1, 0.15) is 0 Å². The van der Waals surface area contributed by atoms with Crippen LogP contribution >= 0.6 is 0 Å². The molecule has 0 aromatic carbocycles. The van der Waals surface area contributed by atoms with E-state index in [1.54, 1.807) is 13.0 Å². The average Bonchev–Trinajstić information content (AvgIpc) is 3.05. The van der Waals surface area contributed by atoms with E-state index in [0.29, 0.717) is 25.4 Å². The van der Waals surface area contributed by atoms with Crippen molar-refractivity contribution in [1.82, 2.24) is 19.9 Å². The van der Waals surface area contributed by atoms with Gasteiger partial charge < -0.3 is 9.42 Å². The maximum atomic E-state index is 12.9. The quantitative estimate of drug-likeness (QED) is 0.745. The molecule has 1 amide bonds. The summed E-state index contributed by atoms with van der Waals surface area (Å²) < 4.78 is 67.3. The molecule has 8 nitrogen and oxygen atoms in total. The van der Waals surface area contributed by atoms with Crippen LogP contribution in [0.3, 0.4) is 0 Å². The topological polar surface area (TPSA) is 96.6 Å². The van der Waals surface area contributed by atoms with E-state index in [2.05, 4.69) is 10.1 Å². The number of rotatable bonds is 4. The minimum Gasteiger partial charge on any atom is -0.360 e. The predicted molar refractivity (Wildman–Crippen MR) is 89.9 cm³/mol. The number of nitrogens with zero attached hydrogens (tertiary/aromatic N) is 4. The van der Waals surface area contributed by atoms with Gasteiger partial charge in [-0.1, -0.05) is 5.16 Å². The lowest BCUT2D eigenvalue weighted by atomic mass is 10.2. The number of sulfone groups is 1. The van der Waals surface area contributed by atoms with E-state index >= 15 is 0 Å². The molecule has 0 radical (unpaired) electrons. The van der Waals surface area contributed by atoms with E-state index in [1.165, 1.54) is 11.0 Å². The van der Waals surface area contributed by atoms with E-state index in [-0.39, 0.29) is 13.1 Å². The normalized spacial score (nSPS) is 16.4. The van der Waals surface area contributed by atoms with Gasteiger partial charge in [0.25, 0.3) is 15.7 Å². The Morgan fingerprint density at radius 1 is 1.25 bits per heavy atom. The summed E-state index contributed by atoms with van der Waals surface area (Å²) in [7, 11) is -5.73. The van der Waals surface area contributed by atoms with Crippen LogP contribution in [0, 0.1) is 6.92 Å². The van der Waals surface area contributed by atoms with Crippen molar-refractivity contribution in [2.24, 2.45) is 0 Å². The maximum Gasteiger partial charge on any atom is 0.503 e. The van der Waals surface area contributed by atoms with Crippen molar-refractivity contribution < 1.29 is 30.9 Å². The average molecular weight is 418 g/mol. The highest BCUT2D eigenvalue weighted by molar-refractivity contribution is 7.92. The fraction of sp³-hybridized carbons (Fsp3) is 0.438. The molecule has 0 saturated carbocycles. The summed E-state index contributed by atoms with van der Waals surface area (Å²) in [5.74, 6) is -0.130. The van der Waals surface area contributed by atoms with Gasteiger partial charge in [0.15, 0.2) is 10.8 Å². The van der Waals surface area contributed by atoms with Crippen LogP contribution in [0.15, 0.2) is 33.9 Å². The van der Waals surface area contributed by atoms with Gasteiger partial charge in [0.05, 0.1) is 17.8 Å². The Kier molecular flexibility index (Phi) is 5.44. The first-order chi connectivity index (χ1) is 13.1. The van der Waals surface area contributed by atoms with Crippen molar-refractivity contribution in [3.63, 3.8) is 0 Å². The van der Waals surface area contributed by atoms with E-state index in [1.807, 2.05) is 4.90 Å². The number of pyridine rings is 1. The van der Waals surface area contributed by atoms with Crippen molar-refractivity contribution in [3.8, 4) is 0 Å². The first kappa shape index (κ1) is 20.3. The monoisotopic (exact) mass is 418 g/mol. The van der Waals surface area contributed by atoms with Crippen molar-refractivity contribution in [1.29, 1.82) is 0 Å². The molecule has 2 aromatic rings. The smallest absolute Gasteiger partial charge is 0.360 e. The molecule has 0 bridgehead atoms. The highest BCUT2D eigenvalue weighted by Crippen LogP contribution is 2.31. The SMILES string of the molecule is Cc1cc(CN2CCN(C(=O)c3cccnc3S(=O)(=O)C(F)(F)F)CC2)on1. The van der Waals surface area contributed by atoms with E-state index in [4.69, 9.17) is 4.52 Å². The van der Waals surface area contributed by atoms with Gasteiger partial charge in [0, 0.05) is 38.4 Å². The number of hydrogen-bond donors (Lipinski definition) is 0. The molecule has 0 unspecified atom stereocenters. The highest BCUT2D eigenvalue weighted by atomic mass is 32.2. The lowest BCUT2D eigenvalue weighted by Gasteiger charge is -2.34. The Balaban J connectivity index is 1.72. The molecule has 1 aliphatic heterocycles. The van der Waals surface area contributed by atoms with Gasteiger partial charge in [0.2, 0.25) is 0 Å². The largest absolute Gasteiger partial charge is 0.503 e. The lowest BCUT2D eigenvalue weighted by Crippen LogP contribution is -2.48. The standard InChI is InChI=1S/C16H17F3N4O4S/c1-11-9-12(27-21-11)10-22-5-7-23(8-6-22)15(24)13-3-2-4-20-14(13)28(25,26)16(17,18)19/h2-4,9H,5-8,10H2,1H3. The van der Waals surface area contributed by atoms with Gasteiger partial charge in [-0.2, -0.15) is 13.2 Å². The maximum absolute atomic E-state index is 12.9. The molecule has 0 aliphatic carbocycles. The van der Waals surface area contributed by atoms with E-state index in [0.717, 1.165) is 18.0 Å². The molecule has 0 spiro atoms. The molecule has 0 atom stereocenters. The van der Waals surface area contributed by atoms with Crippen molar-refractivity contribution in [2.75, 3.05) is 26.2 Å². The third kappa shape index (κ3) is 4.02. The van der Waals surface area contributed by atoms with Crippen LogP contribution in [-0.4, -0.2) is 66.0 Å². The molecule has 12 heteroatoms. The third-order valence-corrected chi connectivity index (χ3v) is 5.72. The Hall–Kier alpha value is -2.47. The first-order valence-corrected chi connectivity index (χ1v) is 9.78. The number of hydrogen-bond acceptors (Lipinski definition) is 7. The van der Waals surface area contributed by atoms with Gasteiger partial charge in [-0.15, -0.1) is 0 Å². The molecule has 0 N–H and O–H groups in total. The molecule has 1 saturated heterocycles. The lowest BCUT2D eigenvalue weighted by molar-refractivity contribution is -0.0438. The number of halogens is 3. The summed E-state index contributed by atoms with van der Waals surface area (Å²) in [6.45, 7) is 3.65. The second kappa shape index (κ2) is 7.51. The predicted octanol–water partition coefficient (Wildman–Crippen LogP) is 1.63. The molecular formula is C16H17F3N4O4S. The minimum absolute atomic E-state index is 0.229. The van der Waals surface area contributed by atoms with Crippen LogP contribution in [-0.2, 0) is 16.4 Å². The third-order valence-electron chi connectivity index (χ3n) is 4.28. The Bertz CT molecular complexity index is 966. The molecule has 1 fully saturated rings. The van der Waals surface area contributed by atoms with Crippen LogP contribution < -0.4 is 0 Å². The number of piperazine rings is 1. The number of amides is 1. The summed E-state index contributed by atoms with van der Waals surface area (Å²) in [5.41, 5.74) is -5.37. The fourth-order valence-corrected chi connectivity index (χ4v) is 3.73. The Labute approximate surface area is 158 Å². The highest BCUT2D eigenvalue weighted by Gasteiger charge is 2.49. The summed E-state index contributed by atoms with van der Waals surface area (Å²) in [4.78, 5) is 19.3. The number of carbonyl (C=O) groups excluding carboxylic acids is 1. The first-order valence-electron chi connectivity index (χ1n) is 8.30. The molecular weight excluding hydrogens is 401 g/mol. The number of carbonyl (C=O) groups is 1. The van der Waals surface area contributed by atoms with E-state index < -0.39 is 31.8 Å².